The summed E-state index contributed by atoms with van der Waals surface area (Å²) in [6.07, 6.45) is -6.44. The smallest absolute Gasteiger partial charge is 0.303 e. The Bertz CT molecular complexity index is 3600. The van der Waals surface area contributed by atoms with Crippen molar-refractivity contribution in [1.29, 1.82) is 0 Å². The molecule has 636 valence electrons. The monoisotopic (exact) mass is 1620 g/mol. The van der Waals surface area contributed by atoms with Gasteiger partial charge in [-0.1, -0.05) is 53.7 Å². The minimum Gasteiger partial charge on any atom is -0.508 e. The van der Waals surface area contributed by atoms with Crippen LogP contribution in [0.3, 0.4) is 0 Å². The van der Waals surface area contributed by atoms with Gasteiger partial charge in [-0.15, -0.1) is 0 Å². The number of carboxylic acids is 2. The molecule has 1 saturated heterocycles. The van der Waals surface area contributed by atoms with E-state index in [1.165, 1.54) is 31.2 Å². The number of nitrogens with zero attached hydrogens (tertiary/aromatic N) is 1. The van der Waals surface area contributed by atoms with E-state index in [0.29, 0.717) is 12.0 Å². The van der Waals surface area contributed by atoms with Crippen molar-refractivity contribution >= 4 is 118 Å². The Balaban J connectivity index is 2.29. The van der Waals surface area contributed by atoms with Crippen LogP contribution in [0.25, 0.3) is 0 Å². The van der Waals surface area contributed by atoms with Gasteiger partial charge >= 0.3 is 11.9 Å². The highest BCUT2D eigenvalue weighted by Crippen LogP contribution is 2.20. The third kappa shape index (κ3) is 36.2. The van der Waals surface area contributed by atoms with E-state index in [-0.39, 0.29) is 50.3 Å². The summed E-state index contributed by atoms with van der Waals surface area (Å²) in [7, 11) is 0. The number of aliphatic hydroxyl groups is 3. The number of phenolic OH excluding ortho intramolecular Hbond substituents is 1. The topological polar surface area (TPSA) is 739 Å². The largest absolute Gasteiger partial charge is 0.508 e. The first-order valence-corrected chi connectivity index (χ1v) is 36.4. The zero-order valence-corrected chi connectivity index (χ0v) is 64.5. The fraction of sp³-hybridized carbons (Fsp3) is 0.623. The van der Waals surface area contributed by atoms with Gasteiger partial charge in [0.1, 0.15) is 84.3 Å². The van der Waals surface area contributed by atoms with Crippen molar-refractivity contribution in [3.8, 4) is 5.75 Å². The van der Waals surface area contributed by atoms with Crippen molar-refractivity contribution < 1.29 is 127 Å². The minimum absolute atomic E-state index is 0.00812. The van der Waals surface area contributed by atoms with Crippen LogP contribution in [0.2, 0.25) is 0 Å². The third-order valence-electron chi connectivity index (χ3n) is 17.1. The maximum Gasteiger partial charge on any atom is 0.303 e. The lowest BCUT2D eigenvalue weighted by atomic mass is 10.0. The van der Waals surface area contributed by atoms with Gasteiger partial charge in [-0.25, -0.2) is 0 Å². The molecule has 45 nitrogen and oxygen atoms in total. The molecule has 0 bridgehead atoms. The molecule has 1 aliphatic rings. The van der Waals surface area contributed by atoms with Crippen LogP contribution in [0, 0.1) is 17.8 Å². The van der Waals surface area contributed by atoms with Gasteiger partial charge in [0.05, 0.1) is 51.8 Å². The highest BCUT2D eigenvalue weighted by atomic mass is 16.4. The number of hydrogen-bond acceptors (Lipinski definition) is 25. The number of carbonyl (C=O) groups is 20. The molecule has 18 amide bonds. The van der Waals surface area contributed by atoms with Gasteiger partial charge in [-0.05, 0) is 94.2 Å². The predicted molar refractivity (Wildman–Crippen MR) is 395 cm³/mol. The van der Waals surface area contributed by atoms with Gasteiger partial charge in [-0.2, -0.15) is 0 Å². The molecular formula is C69H109N19O26. The Kier molecular flexibility index (Phi) is 42.2. The summed E-state index contributed by atoms with van der Waals surface area (Å²) in [5.41, 5.74) is 22.1. The quantitative estimate of drug-likeness (QED) is 0.0288. The van der Waals surface area contributed by atoms with Crippen LogP contribution in [-0.4, -0.2) is 278 Å². The molecule has 2 rings (SSSR count). The number of phenols is 1. The second-order valence-corrected chi connectivity index (χ2v) is 28.4. The lowest BCUT2D eigenvalue weighted by molar-refractivity contribution is -0.140. The number of aliphatic carboxylic acids is 2. The number of primary amides is 3. The van der Waals surface area contributed by atoms with Gasteiger partial charge in [0.25, 0.3) is 0 Å². The van der Waals surface area contributed by atoms with Crippen molar-refractivity contribution in [2.75, 3.05) is 39.4 Å². The lowest BCUT2D eigenvalue weighted by Crippen LogP contribution is -2.60. The number of nitrogens with one attached hydrogen (secondary N) is 14. The first-order valence-electron chi connectivity index (χ1n) is 36.4. The molecule has 0 spiro atoms. The molecular weight excluding hydrogens is 1510 g/mol. The fourth-order valence-corrected chi connectivity index (χ4v) is 11.1. The average molecular weight is 1620 g/mol. The van der Waals surface area contributed by atoms with E-state index in [1.807, 2.05) is 0 Å². The summed E-state index contributed by atoms with van der Waals surface area (Å²) in [6, 6.07) is -15.6. The second-order valence-electron chi connectivity index (χ2n) is 28.4. The molecule has 0 radical (unpaired) electrons. The van der Waals surface area contributed by atoms with Gasteiger partial charge < -0.3 is 133 Å². The van der Waals surface area contributed by atoms with Gasteiger partial charge in [0.2, 0.25) is 106 Å². The van der Waals surface area contributed by atoms with E-state index in [9.17, 15) is 127 Å². The number of benzene rings is 1. The molecule has 45 heteroatoms. The number of aliphatic hydroxyl groups excluding tert-OH is 3. The molecule has 114 heavy (non-hydrogen) atoms. The zero-order valence-electron chi connectivity index (χ0n) is 64.5. The van der Waals surface area contributed by atoms with Crippen LogP contribution >= 0.6 is 0 Å². The normalized spacial score (nSPS) is 15.9. The number of likely N-dealkylation sites (tertiary alicyclic amines) is 1. The summed E-state index contributed by atoms with van der Waals surface area (Å²) in [6.45, 7) is 7.92. The van der Waals surface area contributed by atoms with Crippen molar-refractivity contribution in [1.82, 2.24) is 79.3 Å². The summed E-state index contributed by atoms with van der Waals surface area (Å²) >= 11 is 0. The average Bonchev–Trinajstić information content (AvgIpc) is 1.66. The lowest BCUT2D eigenvalue weighted by Gasteiger charge is -2.28. The summed E-state index contributed by atoms with van der Waals surface area (Å²) in [4.78, 5) is 265. The molecule has 1 aromatic carbocycles. The molecule has 1 heterocycles. The minimum atomic E-state index is -1.90. The highest BCUT2D eigenvalue weighted by molar-refractivity contribution is 6.01. The van der Waals surface area contributed by atoms with Crippen LogP contribution in [-0.2, 0) is 102 Å². The Morgan fingerprint density at radius 2 is 0.807 bits per heavy atom. The number of carbonyl (C=O) groups excluding carboxylic acids is 18. The molecule has 1 aromatic rings. The molecule has 0 unspecified atom stereocenters. The number of carboxylic acid groups (broad SMARTS) is 2. The van der Waals surface area contributed by atoms with Gasteiger partial charge in [0, 0.05) is 25.8 Å². The van der Waals surface area contributed by atoms with E-state index in [0.717, 1.165) is 11.8 Å². The molecule has 0 aromatic heterocycles. The van der Waals surface area contributed by atoms with E-state index < -0.39 is 286 Å². The molecule has 1 aliphatic heterocycles. The van der Waals surface area contributed by atoms with Crippen molar-refractivity contribution in [2.24, 2.45) is 40.7 Å². The number of rotatable bonds is 51. The number of hydrogen-bond donors (Lipinski definition) is 24. The van der Waals surface area contributed by atoms with E-state index in [4.69, 9.17) is 22.9 Å². The van der Waals surface area contributed by atoms with E-state index in [2.05, 4.69) is 74.4 Å². The van der Waals surface area contributed by atoms with Crippen molar-refractivity contribution in [2.45, 2.75) is 217 Å². The molecule has 0 aliphatic carbocycles. The fourth-order valence-electron chi connectivity index (χ4n) is 11.1. The van der Waals surface area contributed by atoms with Crippen LogP contribution in [0.1, 0.15) is 132 Å². The van der Waals surface area contributed by atoms with Crippen LogP contribution in [0.15, 0.2) is 24.3 Å². The summed E-state index contributed by atoms with van der Waals surface area (Å²) in [5.74, 6) is -23.6. The first-order chi connectivity index (χ1) is 53.3. The first kappa shape index (κ1) is 98.3. The van der Waals surface area contributed by atoms with Crippen molar-refractivity contribution in [3.63, 3.8) is 0 Å². The molecule has 0 saturated carbocycles. The Labute approximate surface area is 654 Å². The maximum absolute atomic E-state index is 14.2. The molecule has 28 N–H and O–H groups in total. The third-order valence-corrected chi connectivity index (χ3v) is 17.1. The standard InChI is InChI=1S/C69H109N19O26/c1-31(2)20-40(85-68(113)48-10-9-19-88(48)53(97)28-76-61(106)47(30-90)87-69(114)56(72)35(8)91)59(104)74-27-52(96)79-45(25-50(71)94)67(112)83-41(21-32(3)4)64(109)77-34(7)58(103)80-38(15-17-54(98)99)62(107)81-39(16-18-55(100)101)63(108)82-42(22-33(5)6)65(110)84-44(24-49(70)93)60(105)75-26-51(95)78-43(23-36-11-13-37(92)14-12-36)66(111)86-46(29-89)57(73)102/h11-14,31-35,38-48,56,89-92H,9-10,15-30,72H2,1-8H3,(H2,70,93)(H2,71,94)(H2,73,102)(H,74,104)(H,75,105)(H,76,106)(H,77,109)(H,78,95)(H,79,96)(H,80,103)(H,81,107)(H,82,108)(H,83,112)(H,84,110)(H,85,113)(H,86,111)(H,87,114)(H,98,99)(H,100,101)/t34-,35+,38-,39-,40-,41-,42-,43-,44-,45-,46-,47-,48-,56-/m0/s1. The SMILES string of the molecule is CC(C)C[C@H](NC(=O)[C@H](CC(N)=O)NC(=O)CNC(=O)[C@H](CC(C)C)NC(=O)[C@@H]1CCCN1C(=O)CNC(=O)[C@H](CO)NC(=O)[C@@H](N)[C@@H](C)O)C(=O)N[C@@H](C)C(=O)N[C@@H](CCC(=O)O)C(=O)N[C@@H](CCC(=O)O)C(=O)N[C@@H](CC(C)C)C(=O)N[C@@H](CC(N)=O)C(=O)NCC(=O)N[C@@H](Cc1ccc(O)cc1)C(=O)N[C@@H](CO)C(N)=O. The Morgan fingerprint density at radius 3 is 1.25 bits per heavy atom. The van der Waals surface area contributed by atoms with E-state index in [1.54, 1.807) is 41.5 Å². The van der Waals surface area contributed by atoms with Crippen LogP contribution in [0.5, 0.6) is 5.75 Å². The maximum atomic E-state index is 14.2. The predicted octanol–water partition coefficient (Wildman–Crippen LogP) is -10.6. The zero-order chi connectivity index (χ0) is 86.5. The summed E-state index contributed by atoms with van der Waals surface area (Å²) in [5, 5.41) is 90.1. The molecule has 14 atom stereocenters. The Morgan fingerprint density at radius 1 is 0.439 bits per heavy atom. The second kappa shape index (κ2) is 48.9. The van der Waals surface area contributed by atoms with Crippen LogP contribution < -0.4 is 97.4 Å². The van der Waals surface area contributed by atoms with E-state index >= 15 is 0 Å². The van der Waals surface area contributed by atoms with Crippen molar-refractivity contribution in [3.05, 3.63) is 29.8 Å². The number of aromatic hydroxyl groups is 1. The number of nitrogens with two attached hydrogens (primary N) is 4. The van der Waals surface area contributed by atoms with Gasteiger partial charge in [0.15, 0.2) is 0 Å². The molecule has 1 fully saturated rings. The summed E-state index contributed by atoms with van der Waals surface area (Å²) < 4.78 is 0. The Hall–Kier alpha value is -11.7. The number of amides is 18. The van der Waals surface area contributed by atoms with Crippen LogP contribution in [0.4, 0.5) is 0 Å². The highest BCUT2D eigenvalue weighted by Gasteiger charge is 2.39. The van der Waals surface area contributed by atoms with Gasteiger partial charge in [-0.3, -0.25) is 95.9 Å².